The van der Waals surface area contributed by atoms with Gasteiger partial charge in [-0.25, -0.2) is 9.40 Å². The van der Waals surface area contributed by atoms with E-state index in [-0.39, 0.29) is 28.5 Å². The topological polar surface area (TPSA) is 62.1 Å². The van der Waals surface area contributed by atoms with Gasteiger partial charge in [0.05, 0.1) is 17.2 Å². The van der Waals surface area contributed by atoms with Crippen LogP contribution in [-0.2, 0) is 10.0 Å². The Balaban J connectivity index is 1.70. The average molecular weight is 476 g/mol. The van der Waals surface area contributed by atoms with E-state index in [1.807, 2.05) is 30.3 Å². The molecule has 0 bridgehead atoms. The number of rotatable bonds is 4. The summed E-state index contributed by atoms with van der Waals surface area (Å²) in [5.41, 5.74) is 2.32. The maximum atomic E-state index is 13.4. The Bertz CT molecular complexity index is 1250. The maximum Gasteiger partial charge on any atom is 0.285 e. The van der Waals surface area contributed by atoms with Crippen LogP contribution in [0, 0.1) is 5.82 Å². The molecule has 0 radical (unpaired) electrons. The minimum atomic E-state index is -4.05. The van der Waals surface area contributed by atoms with Gasteiger partial charge in [0, 0.05) is 10.9 Å². The van der Waals surface area contributed by atoms with Gasteiger partial charge in [-0.1, -0.05) is 54.1 Å². The molecule has 4 rings (SSSR count). The second kappa shape index (κ2) is 8.78. The van der Waals surface area contributed by atoms with E-state index in [9.17, 15) is 12.8 Å². The quantitative estimate of drug-likeness (QED) is 0.293. The number of benzene rings is 3. The predicted molar refractivity (Wildman–Crippen MR) is 121 cm³/mol. The molecule has 0 aliphatic carbocycles. The standard InChI is InChI=1S/C22H16Cl2FN3O2S/c23-17-8-12-19(13-9-17)31(29,30)27-22(24)28-14-20(15-4-2-1-3-5-15)21(26-28)16-6-10-18(25)11-7-16/h1-13,20H,14H2. The second-order valence-electron chi connectivity index (χ2n) is 6.83. The molecule has 0 amide bonds. The molecule has 1 aliphatic rings. The first-order valence-electron chi connectivity index (χ1n) is 9.26. The largest absolute Gasteiger partial charge is 0.285 e. The van der Waals surface area contributed by atoms with Crippen LogP contribution in [0.2, 0.25) is 5.02 Å². The first kappa shape index (κ1) is 21.5. The molecule has 3 aromatic carbocycles. The first-order chi connectivity index (χ1) is 14.8. The fourth-order valence-corrected chi connectivity index (χ4v) is 4.63. The molecule has 0 aromatic heterocycles. The number of hydrazone groups is 1. The normalized spacial score (nSPS) is 17.0. The molecule has 1 unspecified atom stereocenters. The summed E-state index contributed by atoms with van der Waals surface area (Å²) < 4.78 is 42.4. The van der Waals surface area contributed by atoms with E-state index in [0.29, 0.717) is 16.3 Å². The Kier molecular flexibility index (Phi) is 6.09. The number of amidine groups is 1. The summed E-state index contributed by atoms with van der Waals surface area (Å²) >= 11 is 12.1. The van der Waals surface area contributed by atoms with E-state index >= 15 is 0 Å². The van der Waals surface area contributed by atoms with Crippen LogP contribution in [0.15, 0.2) is 93.3 Å². The van der Waals surface area contributed by atoms with Crippen molar-refractivity contribution in [3.8, 4) is 0 Å². The van der Waals surface area contributed by atoms with Gasteiger partial charge in [-0.3, -0.25) is 0 Å². The van der Waals surface area contributed by atoms with E-state index in [0.717, 1.165) is 5.56 Å². The number of hydrogen-bond donors (Lipinski definition) is 0. The minimum Gasteiger partial charge on any atom is -0.236 e. The van der Waals surface area contributed by atoms with Gasteiger partial charge in [0.2, 0.25) is 5.29 Å². The molecule has 0 saturated heterocycles. The van der Waals surface area contributed by atoms with Gasteiger partial charge < -0.3 is 0 Å². The van der Waals surface area contributed by atoms with Crippen molar-refractivity contribution in [2.75, 3.05) is 6.54 Å². The van der Waals surface area contributed by atoms with Crippen molar-refractivity contribution in [1.29, 1.82) is 0 Å². The Morgan fingerprint density at radius 1 is 1.00 bits per heavy atom. The highest BCUT2D eigenvalue weighted by Crippen LogP contribution is 2.30. The van der Waals surface area contributed by atoms with Crippen LogP contribution in [0.25, 0.3) is 0 Å². The van der Waals surface area contributed by atoms with Crippen molar-refractivity contribution in [3.63, 3.8) is 0 Å². The summed E-state index contributed by atoms with van der Waals surface area (Å²) in [5.74, 6) is -0.557. The van der Waals surface area contributed by atoms with Crippen LogP contribution in [0.3, 0.4) is 0 Å². The third-order valence-corrected chi connectivity index (χ3v) is 6.69. The molecule has 158 valence electrons. The summed E-state index contributed by atoms with van der Waals surface area (Å²) in [5, 5.41) is 5.98. The van der Waals surface area contributed by atoms with E-state index < -0.39 is 10.0 Å². The lowest BCUT2D eigenvalue weighted by atomic mass is 9.91. The van der Waals surface area contributed by atoms with Crippen molar-refractivity contribution < 1.29 is 12.8 Å². The molecular weight excluding hydrogens is 460 g/mol. The summed E-state index contributed by atoms with van der Waals surface area (Å²) in [6.45, 7) is 0.287. The summed E-state index contributed by atoms with van der Waals surface area (Å²) in [7, 11) is -4.05. The fourth-order valence-electron chi connectivity index (χ4n) is 3.25. The van der Waals surface area contributed by atoms with Crippen LogP contribution in [0.1, 0.15) is 17.0 Å². The molecule has 0 N–H and O–H groups in total. The smallest absolute Gasteiger partial charge is 0.236 e. The highest BCUT2D eigenvalue weighted by Gasteiger charge is 2.32. The summed E-state index contributed by atoms with van der Waals surface area (Å²) in [4.78, 5) is -0.0309. The monoisotopic (exact) mass is 475 g/mol. The third-order valence-electron chi connectivity index (χ3n) is 4.78. The van der Waals surface area contributed by atoms with E-state index in [4.69, 9.17) is 23.2 Å². The molecule has 1 heterocycles. The summed E-state index contributed by atoms with van der Waals surface area (Å²) in [6.07, 6.45) is 0. The minimum absolute atomic E-state index is 0.0309. The molecule has 0 saturated carbocycles. The van der Waals surface area contributed by atoms with Crippen molar-refractivity contribution in [1.82, 2.24) is 5.01 Å². The van der Waals surface area contributed by atoms with Gasteiger partial charge in [0.25, 0.3) is 10.0 Å². The van der Waals surface area contributed by atoms with Crippen LogP contribution in [0.4, 0.5) is 4.39 Å². The van der Waals surface area contributed by atoms with Crippen LogP contribution < -0.4 is 0 Å². The van der Waals surface area contributed by atoms with Crippen molar-refractivity contribution >= 4 is 44.2 Å². The molecule has 31 heavy (non-hydrogen) atoms. The zero-order valence-corrected chi connectivity index (χ0v) is 18.3. The van der Waals surface area contributed by atoms with Crippen molar-refractivity contribution in [2.45, 2.75) is 10.8 Å². The molecule has 3 aromatic rings. The highest BCUT2D eigenvalue weighted by atomic mass is 35.5. The molecule has 5 nitrogen and oxygen atoms in total. The Hall–Kier alpha value is -2.74. The molecule has 9 heteroatoms. The van der Waals surface area contributed by atoms with Gasteiger partial charge in [-0.15, -0.1) is 4.40 Å². The van der Waals surface area contributed by atoms with Crippen LogP contribution >= 0.6 is 23.2 Å². The zero-order chi connectivity index (χ0) is 22.0. The number of sulfonamides is 1. The third kappa shape index (κ3) is 4.79. The maximum absolute atomic E-state index is 13.4. The second-order valence-corrected chi connectivity index (χ2v) is 9.21. The summed E-state index contributed by atoms with van der Waals surface area (Å²) in [6, 6.07) is 21.2. The average Bonchev–Trinajstić information content (AvgIpc) is 3.21. The van der Waals surface area contributed by atoms with E-state index in [1.54, 1.807) is 12.1 Å². The molecule has 0 spiro atoms. The zero-order valence-electron chi connectivity index (χ0n) is 16.0. The van der Waals surface area contributed by atoms with Crippen LogP contribution in [0.5, 0.6) is 0 Å². The number of halogens is 3. The molecule has 1 aliphatic heterocycles. The predicted octanol–water partition coefficient (Wildman–Crippen LogP) is 5.27. The Morgan fingerprint density at radius 2 is 1.65 bits per heavy atom. The molecule has 1 atom stereocenters. The van der Waals surface area contributed by atoms with Gasteiger partial charge in [0.15, 0.2) is 0 Å². The lowest BCUT2D eigenvalue weighted by molar-refractivity contribution is 0.483. The SMILES string of the molecule is O=S(=O)(N=C(Cl)N1CC(c2ccccc2)C(c2ccc(F)cc2)=N1)c1ccc(Cl)cc1. The fraction of sp³-hybridized carbons (Fsp3) is 0.0909. The lowest BCUT2D eigenvalue weighted by Crippen LogP contribution is -2.23. The Labute approximate surface area is 189 Å². The van der Waals surface area contributed by atoms with Gasteiger partial charge >= 0.3 is 0 Å². The van der Waals surface area contributed by atoms with Crippen LogP contribution in [-0.4, -0.2) is 31.0 Å². The lowest BCUT2D eigenvalue weighted by Gasteiger charge is -2.15. The first-order valence-corrected chi connectivity index (χ1v) is 11.5. The highest BCUT2D eigenvalue weighted by molar-refractivity contribution is 7.90. The number of hydrogen-bond acceptors (Lipinski definition) is 3. The van der Waals surface area contributed by atoms with Gasteiger partial charge in [0.1, 0.15) is 5.82 Å². The van der Waals surface area contributed by atoms with E-state index in [2.05, 4.69) is 9.50 Å². The number of nitrogens with zero attached hydrogens (tertiary/aromatic N) is 3. The van der Waals surface area contributed by atoms with E-state index in [1.165, 1.54) is 41.4 Å². The van der Waals surface area contributed by atoms with Crippen molar-refractivity contribution in [2.24, 2.45) is 9.50 Å². The van der Waals surface area contributed by atoms with Gasteiger partial charge in [-0.05, 0) is 59.1 Å². The van der Waals surface area contributed by atoms with Gasteiger partial charge in [-0.2, -0.15) is 13.5 Å². The van der Waals surface area contributed by atoms with Crippen molar-refractivity contribution in [3.05, 3.63) is 101 Å². The molecule has 0 fully saturated rings. The molecular formula is C22H16Cl2FN3O2S. The Morgan fingerprint density at radius 3 is 2.29 bits per heavy atom.